The first-order valence-corrected chi connectivity index (χ1v) is 9.33. The number of rotatable bonds is 7. The van der Waals surface area contributed by atoms with Crippen LogP contribution in [0.3, 0.4) is 0 Å². The van der Waals surface area contributed by atoms with Crippen molar-refractivity contribution in [1.82, 2.24) is 25.4 Å². The lowest BCUT2D eigenvalue weighted by Gasteiger charge is -2.27. The summed E-state index contributed by atoms with van der Waals surface area (Å²) in [7, 11) is 1.79. The average Bonchev–Trinajstić information content (AvgIpc) is 3.05. The fraction of sp³-hybridized carbons (Fsp3) is 0.500. The second-order valence-corrected chi connectivity index (χ2v) is 7.46. The Morgan fingerprint density at radius 3 is 2.73 bits per heavy atom. The van der Waals surface area contributed by atoms with Gasteiger partial charge in [-0.2, -0.15) is 0 Å². The monoisotopic (exact) mass is 534 g/mol. The summed E-state index contributed by atoms with van der Waals surface area (Å²) in [6, 6.07) is 8.43. The van der Waals surface area contributed by atoms with Crippen LogP contribution in [-0.2, 0) is 18.4 Å². The first-order valence-electron chi connectivity index (χ1n) is 8.53. The average molecular weight is 535 g/mol. The minimum Gasteiger partial charge on any atom is -0.356 e. The van der Waals surface area contributed by atoms with E-state index in [1.165, 1.54) is 5.56 Å². The Morgan fingerprint density at radius 2 is 2.08 bits per heavy atom. The SMILES string of the molecule is CCc1nncn1CCNC(=NC)NCC(C)(C)c1cccc(Br)c1.I. The minimum absolute atomic E-state index is 0. The minimum atomic E-state index is -0.00888. The van der Waals surface area contributed by atoms with Crippen LogP contribution in [0.15, 0.2) is 40.1 Å². The molecule has 0 radical (unpaired) electrons. The van der Waals surface area contributed by atoms with Crippen molar-refractivity contribution in [3.63, 3.8) is 0 Å². The van der Waals surface area contributed by atoms with Crippen molar-refractivity contribution in [3.05, 3.63) is 46.5 Å². The highest BCUT2D eigenvalue weighted by Gasteiger charge is 2.21. The summed E-state index contributed by atoms with van der Waals surface area (Å²) in [5, 5.41) is 14.8. The van der Waals surface area contributed by atoms with Crippen LogP contribution in [0.25, 0.3) is 0 Å². The van der Waals surface area contributed by atoms with Crippen LogP contribution in [0.2, 0.25) is 0 Å². The highest BCUT2D eigenvalue weighted by Crippen LogP contribution is 2.24. The lowest BCUT2D eigenvalue weighted by molar-refractivity contribution is 0.507. The second-order valence-electron chi connectivity index (χ2n) is 6.54. The second kappa shape index (κ2) is 10.9. The maximum atomic E-state index is 4.31. The smallest absolute Gasteiger partial charge is 0.191 e. The van der Waals surface area contributed by atoms with Crippen LogP contribution in [0.4, 0.5) is 0 Å². The molecule has 0 spiro atoms. The van der Waals surface area contributed by atoms with E-state index in [2.05, 4.69) is 85.3 Å². The van der Waals surface area contributed by atoms with Gasteiger partial charge in [-0.1, -0.05) is 48.8 Å². The van der Waals surface area contributed by atoms with Gasteiger partial charge in [0.15, 0.2) is 5.96 Å². The van der Waals surface area contributed by atoms with Crippen LogP contribution in [0.1, 0.15) is 32.2 Å². The van der Waals surface area contributed by atoms with E-state index in [1.807, 2.05) is 6.07 Å². The van der Waals surface area contributed by atoms with E-state index in [9.17, 15) is 0 Å². The third kappa shape index (κ3) is 6.53. The number of aryl methyl sites for hydroxylation is 1. The zero-order valence-electron chi connectivity index (χ0n) is 15.8. The number of aromatic nitrogens is 3. The van der Waals surface area contributed by atoms with Gasteiger partial charge in [0.2, 0.25) is 0 Å². The predicted molar refractivity (Wildman–Crippen MR) is 121 cm³/mol. The van der Waals surface area contributed by atoms with Gasteiger partial charge in [0.05, 0.1) is 0 Å². The molecule has 0 atom stereocenters. The molecular weight excluding hydrogens is 507 g/mol. The molecule has 8 heteroatoms. The maximum absolute atomic E-state index is 4.31. The van der Waals surface area contributed by atoms with E-state index in [-0.39, 0.29) is 29.4 Å². The molecule has 0 fully saturated rings. The zero-order chi connectivity index (χ0) is 18.3. The number of aliphatic imine (C=N–C) groups is 1. The van der Waals surface area contributed by atoms with Crippen molar-refractivity contribution in [2.75, 3.05) is 20.1 Å². The summed E-state index contributed by atoms with van der Waals surface area (Å²) in [5.41, 5.74) is 1.27. The normalized spacial score (nSPS) is 11.8. The third-order valence-electron chi connectivity index (χ3n) is 4.18. The Labute approximate surface area is 181 Å². The van der Waals surface area contributed by atoms with E-state index >= 15 is 0 Å². The fourth-order valence-corrected chi connectivity index (χ4v) is 2.97. The molecule has 2 aromatic rings. The molecule has 0 bridgehead atoms. The molecule has 0 amide bonds. The molecule has 0 saturated carbocycles. The van der Waals surface area contributed by atoms with E-state index in [0.29, 0.717) is 0 Å². The molecule has 0 aliphatic rings. The van der Waals surface area contributed by atoms with Gasteiger partial charge in [0.25, 0.3) is 0 Å². The van der Waals surface area contributed by atoms with Crippen LogP contribution < -0.4 is 10.6 Å². The van der Waals surface area contributed by atoms with Crippen molar-refractivity contribution in [2.45, 2.75) is 39.2 Å². The number of nitrogens with one attached hydrogen (secondary N) is 2. The highest BCUT2D eigenvalue weighted by molar-refractivity contribution is 14.0. The summed E-state index contributed by atoms with van der Waals surface area (Å²) >= 11 is 3.54. The van der Waals surface area contributed by atoms with Crippen LogP contribution in [0, 0.1) is 0 Å². The number of halogens is 2. The largest absolute Gasteiger partial charge is 0.356 e. The topological polar surface area (TPSA) is 67.1 Å². The number of guanidine groups is 1. The summed E-state index contributed by atoms with van der Waals surface area (Å²) < 4.78 is 3.16. The summed E-state index contributed by atoms with van der Waals surface area (Å²) in [4.78, 5) is 4.31. The summed E-state index contributed by atoms with van der Waals surface area (Å²) in [6.45, 7) is 8.89. The molecular formula is C18H28BrIN6. The first-order chi connectivity index (χ1) is 12.0. The molecule has 6 nitrogen and oxygen atoms in total. The van der Waals surface area contributed by atoms with Crippen LogP contribution in [-0.4, -0.2) is 40.9 Å². The Bertz CT molecular complexity index is 713. The molecule has 2 N–H and O–H groups in total. The fourth-order valence-electron chi connectivity index (χ4n) is 2.57. The van der Waals surface area contributed by atoms with Gasteiger partial charge >= 0.3 is 0 Å². The lowest BCUT2D eigenvalue weighted by atomic mass is 9.85. The number of benzene rings is 1. The molecule has 2 rings (SSSR count). The molecule has 0 aliphatic heterocycles. The third-order valence-corrected chi connectivity index (χ3v) is 4.68. The van der Waals surface area contributed by atoms with Gasteiger partial charge in [-0.15, -0.1) is 34.2 Å². The van der Waals surface area contributed by atoms with Crippen LogP contribution >= 0.6 is 39.9 Å². The Hall–Kier alpha value is -1.16. The van der Waals surface area contributed by atoms with Crippen molar-refractivity contribution in [1.29, 1.82) is 0 Å². The van der Waals surface area contributed by atoms with E-state index in [4.69, 9.17) is 0 Å². The predicted octanol–water partition coefficient (Wildman–Crippen LogP) is 3.36. The number of hydrogen-bond donors (Lipinski definition) is 2. The van der Waals surface area contributed by atoms with Gasteiger partial charge in [-0.25, -0.2) is 0 Å². The van der Waals surface area contributed by atoms with Gasteiger partial charge in [-0.05, 0) is 17.7 Å². The molecule has 1 heterocycles. The Balaban J connectivity index is 0.00000338. The molecule has 0 saturated heterocycles. The summed E-state index contributed by atoms with van der Waals surface area (Å²) in [6.07, 6.45) is 2.65. The van der Waals surface area contributed by atoms with E-state index < -0.39 is 0 Å². The van der Waals surface area contributed by atoms with Gasteiger partial charge in [0, 0.05) is 43.0 Å². The Kier molecular flexibility index (Phi) is 9.56. The van der Waals surface area contributed by atoms with E-state index in [1.54, 1.807) is 13.4 Å². The quantitative estimate of drug-likeness (QED) is 0.325. The maximum Gasteiger partial charge on any atom is 0.191 e. The van der Waals surface area contributed by atoms with Gasteiger partial charge in [0.1, 0.15) is 12.2 Å². The number of nitrogens with zero attached hydrogens (tertiary/aromatic N) is 4. The van der Waals surface area contributed by atoms with Crippen molar-refractivity contribution in [3.8, 4) is 0 Å². The Morgan fingerprint density at radius 1 is 1.31 bits per heavy atom. The van der Waals surface area contributed by atoms with E-state index in [0.717, 1.165) is 42.3 Å². The van der Waals surface area contributed by atoms with Gasteiger partial charge < -0.3 is 15.2 Å². The van der Waals surface area contributed by atoms with Crippen molar-refractivity contribution < 1.29 is 0 Å². The number of hydrogen-bond acceptors (Lipinski definition) is 3. The lowest BCUT2D eigenvalue weighted by Crippen LogP contribution is -2.44. The molecule has 0 aliphatic carbocycles. The summed E-state index contributed by atoms with van der Waals surface area (Å²) in [5.74, 6) is 1.80. The zero-order valence-corrected chi connectivity index (χ0v) is 19.7. The van der Waals surface area contributed by atoms with Gasteiger partial charge in [-0.3, -0.25) is 4.99 Å². The first kappa shape index (κ1) is 22.9. The molecule has 1 aromatic heterocycles. The van der Waals surface area contributed by atoms with Crippen LogP contribution in [0.5, 0.6) is 0 Å². The molecule has 26 heavy (non-hydrogen) atoms. The molecule has 0 unspecified atom stereocenters. The standard InChI is InChI=1S/C18H27BrN6.HI/c1-5-16-24-23-13-25(16)10-9-21-17(20-4)22-12-18(2,3)14-7-6-8-15(19)11-14;/h6-8,11,13H,5,9-10,12H2,1-4H3,(H2,20,21,22);1H. The highest BCUT2D eigenvalue weighted by atomic mass is 127. The van der Waals surface area contributed by atoms with Crippen molar-refractivity contribution in [2.24, 2.45) is 4.99 Å². The van der Waals surface area contributed by atoms with Crippen molar-refractivity contribution >= 4 is 45.9 Å². The molecule has 144 valence electrons. The molecule has 1 aromatic carbocycles.